The number of para-hydroxylation sites is 1. The maximum absolute atomic E-state index is 12.2. The highest BCUT2D eigenvalue weighted by Gasteiger charge is 2.26. The number of nitro groups is 2. The summed E-state index contributed by atoms with van der Waals surface area (Å²) in [6, 6.07) is 9.07. The molecule has 142 valence electrons. The molecule has 0 bridgehead atoms. The summed E-state index contributed by atoms with van der Waals surface area (Å²) in [5, 5.41) is 33.6. The van der Waals surface area contributed by atoms with E-state index >= 15 is 0 Å². The molecule has 0 fully saturated rings. The lowest BCUT2D eigenvalue weighted by Gasteiger charge is -2.13. The molecular formula is C17H17N3O7. The smallest absolute Gasteiger partial charge is 0.323 e. The minimum atomic E-state index is -0.719. The number of aliphatic hydroxyl groups excluding tert-OH is 1. The number of hydrogen-bond donors (Lipinski definition) is 2. The number of rotatable bonds is 8. The van der Waals surface area contributed by atoms with Crippen LogP contribution in [0.3, 0.4) is 0 Å². The molecule has 2 rings (SSSR count). The van der Waals surface area contributed by atoms with Crippen molar-refractivity contribution in [1.29, 1.82) is 0 Å². The Morgan fingerprint density at radius 1 is 1.15 bits per heavy atom. The number of ether oxygens (including phenoxy) is 1. The Kier molecular flexibility index (Phi) is 6.39. The number of carbonyl (C=O) groups is 1. The van der Waals surface area contributed by atoms with E-state index in [-0.39, 0.29) is 30.2 Å². The summed E-state index contributed by atoms with van der Waals surface area (Å²) in [7, 11) is 0. The normalized spacial score (nSPS) is 11.5. The fourth-order valence-electron chi connectivity index (χ4n) is 2.23. The van der Waals surface area contributed by atoms with Gasteiger partial charge in [-0.25, -0.2) is 0 Å². The van der Waals surface area contributed by atoms with E-state index in [1.54, 1.807) is 6.92 Å². The van der Waals surface area contributed by atoms with Crippen molar-refractivity contribution in [3.63, 3.8) is 0 Å². The second kappa shape index (κ2) is 8.72. The predicted molar refractivity (Wildman–Crippen MR) is 94.5 cm³/mol. The molecule has 0 aliphatic rings. The van der Waals surface area contributed by atoms with E-state index < -0.39 is 27.5 Å². The van der Waals surface area contributed by atoms with E-state index in [0.717, 1.165) is 0 Å². The number of aliphatic hydroxyl groups is 1. The molecule has 0 aliphatic carbocycles. The predicted octanol–water partition coefficient (Wildman–Crippen LogP) is 2.19. The fourth-order valence-corrected chi connectivity index (χ4v) is 2.23. The zero-order valence-electron chi connectivity index (χ0n) is 14.3. The molecule has 0 spiro atoms. The third kappa shape index (κ3) is 4.98. The van der Waals surface area contributed by atoms with Crippen molar-refractivity contribution in [2.45, 2.75) is 19.6 Å². The van der Waals surface area contributed by atoms with Gasteiger partial charge >= 0.3 is 5.69 Å². The molecule has 1 atom stereocenters. The van der Waals surface area contributed by atoms with E-state index in [9.17, 15) is 25.0 Å². The maximum atomic E-state index is 12.2. The zero-order chi connectivity index (χ0) is 20.0. The SMILES string of the molecule is CC(CO)NC(=O)c1cccc(OCc2ccc([N+](=O)[O-])cc2)c1[N+](=O)[O-]. The quantitative estimate of drug-likeness (QED) is 0.531. The number of benzene rings is 2. The van der Waals surface area contributed by atoms with Gasteiger partial charge in [0.2, 0.25) is 0 Å². The van der Waals surface area contributed by atoms with Crippen molar-refractivity contribution in [3.8, 4) is 5.75 Å². The first-order valence-corrected chi connectivity index (χ1v) is 7.88. The van der Waals surface area contributed by atoms with Gasteiger partial charge in [0.1, 0.15) is 12.2 Å². The van der Waals surface area contributed by atoms with Gasteiger partial charge in [0.15, 0.2) is 5.75 Å². The molecule has 10 nitrogen and oxygen atoms in total. The van der Waals surface area contributed by atoms with Gasteiger partial charge in [0, 0.05) is 18.2 Å². The lowest BCUT2D eigenvalue weighted by Crippen LogP contribution is -2.35. The van der Waals surface area contributed by atoms with Crippen molar-refractivity contribution in [1.82, 2.24) is 5.32 Å². The number of non-ortho nitro benzene ring substituents is 1. The minimum absolute atomic E-state index is 0.0725. The molecule has 1 amide bonds. The molecule has 2 N–H and O–H groups in total. The topological polar surface area (TPSA) is 145 Å². The van der Waals surface area contributed by atoms with Crippen LogP contribution < -0.4 is 10.1 Å². The van der Waals surface area contributed by atoms with Crippen LogP contribution >= 0.6 is 0 Å². The molecule has 27 heavy (non-hydrogen) atoms. The van der Waals surface area contributed by atoms with Crippen molar-refractivity contribution < 1.29 is 24.5 Å². The van der Waals surface area contributed by atoms with E-state index in [2.05, 4.69) is 5.32 Å². The maximum Gasteiger partial charge on any atom is 0.323 e. The summed E-state index contributed by atoms with van der Waals surface area (Å²) < 4.78 is 5.47. The Hall–Kier alpha value is -3.53. The summed E-state index contributed by atoms with van der Waals surface area (Å²) in [5.41, 5.74) is -0.205. The third-order valence-electron chi connectivity index (χ3n) is 3.62. The van der Waals surface area contributed by atoms with Gasteiger partial charge in [0.05, 0.1) is 16.5 Å². The second-order valence-electron chi connectivity index (χ2n) is 5.68. The van der Waals surface area contributed by atoms with Crippen molar-refractivity contribution >= 4 is 17.3 Å². The highest BCUT2D eigenvalue weighted by atomic mass is 16.6. The summed E-state index contributed by atoms with van der Waals surface area (Å²) in [4.78, 5) is 33.1. The first kappa shape index (κ1) is 19.8. The highest BCUT2D eigenvalue weighted by Crippen LogP contribution is 2.31. The van der Waals surface area contributed by atoms with Gasteiger partial charge in [-0.3, -0.25) is 25.0 Å². The van der Waals surface area contributed by atoms with Crippen LogP contribution in [0.25, 0.3) is 0 Å². The van der Waals surface area contributed by atoms with Crippen LogP contribution in [-0.4, -0.2) is 33.5 Å². The standard InChI is InChI=1S/C17H17N3O7/c1-11(9-21)18-17(22)14-3-2-4-15(16(14)20(25)26)27-10-12-5-7-13(8-6-12)19(23)24/h2-8,11,21H,9-10H2,1H3,(H,18,22). The Bertz CT molecular complexity index is 852. The molecular weight excluding hydrogens is 358 g/mol. The number of amides is 1. The molecule has 0 radical (unpaired) electrons. The molecule has 0 aliphatic heterocycles. The average Bonchev–Trinajstić information content (AvgIpc) is 2.65. The molecule has 1 unspecified atom stereocenters. The second-order valence-corrected chi connectivity index (χ2v) is 5.68. The Labute approximate surface area is 153 Å². The fraction of sp³-hybridized carbons (Fsp3) is 0.235. The van der Waals surface area contributed by atoms with Crippen LogP contribution in [-0.2, 0) is 6.61 Å². The number of nitrogens with one attached hydrogen (secondary N) is 1. The van der Waals surface area contributed by atoms with Crippen LogP contribution in [0.4, 0.5) is 11.4 Å². The lowest BCUT2D eigenvalue weighted by atomic mass is 10.1. The number of nitrogens with zero attached hydrogens (tertiary/aromatic N) is 2. The van der Waals surface area contributed by atoms with Crippen molar-refractivity contribution in [3.05, 3.63) is 73.8 Å². The Morgan fingerprint density at radius 2 is 1.81 bits per heavy atom. The van der Waals surface area contributed by atoms with Gasteiger partial charge < -0.3 is 15.2 Å². The molecule has 0 saturated carbocycles. The first-order chi connectivity index (χ1) is 12.8. The molecule has 0 saturated heterocycles. The Balaban J connectivity index is 2.23. The van der Waals surface area contributed by atoms with E-state index in [0.29, 0.717) is 5.56 Å². The molecule has 2 aromatic rings. The highest BCUT2D eigenvalue weighted by molar-refractivity contribution is 5.99. The first-order valence-electron chi connectivity index (χ1n) is 7.88. The summed E-state index contributed by atoms with van der Waals surface area (Å²) in [6.45, 7) is 1.17. The van der Waals surface area contributed by atoms with Crippen LogP contribution in [0, 0.1) is 20.2 Å². The minimum Gasteiger partial charge on any atom is -0.482 e. The number of carbonyl (C=O) groups excluding carboxylic acids is 1. The van der Waals surface area contributed by atoms with E-state index in [4.69, 9.17) is 9.84 Å². The average molecular weight is 375 g/mol. The van der Waals surface area contributed by atoms with Gasteiger partial charge in [-0.15, -0.1) is 0 Å². The van der Waals surface area contributed by atoms with Crippen LogP contribution in [0.15, 0.2) is 42.5 Å². The summed E-state index contributed by atoms with van der Waals surface area (Å²) in [6.07, 6.45) is 0. The molecule has 2 aromatic carbocycles. The molecule has 0 heterocycles. The summed E-state index contributed by atoms with van der Waals surface area (Å²) >= 11 is 0. The van der Waals surface area contributed by atoms with Gasteiger partial charge in [-0.05, 0) is 36.8 Å². The van der Waals surface area contributed by atoms with Crippen molar-refractivity contribution in [2.24, 2.45) is 0 Å². The van der Waals surface area contributed by atoms with Crippen LogP contribution in [0.5, 0.6) is 5.75 Å². The van der Waals surface area contributed by atoms with Gasteiger partial charge in [-0.2, -0.15) is 0 Å². The van der Waals surface area contributed by atoms with E-state index in [1.807, 2.05) is 0 Å². The van der Waals surface area contributed by atoms with Gasteiger partial charge in [0.25, 0.3) is 11.6 Å². The number of nitro benzene ring substituents is 2. The summed E-state index contributed by atoms with van der Waals surface area (Å²) in [5.74, 6) is -0.813. The molecule has 10 heteroatoms. The Morgan fingerprint density at radius 3 is 2.37 bits per heavy atom. The van der Waals surface area contributed by atoms with Crippen LogP contribution in [0.2, 0.25) is 0 Å². The third-order valence-corrected chi connectivity index (χ3v) is 3.62. The molecule has 0 aromatic heterocycles. The largest absolute Gasteiger partial charge is 0.482 e. The van der Waals surface area contributed by atoms with E-state index in [1.165, 1.54) is 42.5 Å². The van der Waals surface area contributed by atoms with Crippen LogP contribution in [0.1, 0.15) is 22.8 Å². The van der Waals surface area contributed by atoms with Crippen molar-refractivity contribution in [2.75, 3.05) is 6.61 Å². The zero-order valence-corrected chi connectivity index (χ0v) is 14.3. The lowest BCUT2D eigenvalue weighted by molar-refractivity contribution is -0.386. The van der Waals surface area contributed by atoms with Gasteiger partial charge in [-0.1, -0.05) is 6.07 Å². The number of hydrogen-bond acceptors (Lipinski definition) is 7. The monoisotopic (exact) mass is 375 g/mol.